The van der Waals surface area contributed by atoms with Crippen LogP contribution in [0.2, 0.25) is 0 Å². The molecule has 5 atom stereocenters. The third-order valence-corrected chi connectivity index (χ3v) is 7.62. The average molecular weight is 592 g/mol. The van der Waals surface area contributed by atoms with Crippen molar-refractivity contribution in [2.24, 2.45) is 0 Å². The summed E-state index contributed by atoms with van der Waals surface area (Å²) < 4.78 is 7.12. The van der Waals surface area contributed by atoms with Crippen LogP contribution in [0.5, 0.6) is 0 Å². The Morgan fingerprint density at radius 1 is 0.778 bits per heavy atom. The average Bonchev–Trinajstić information content (AvgIpc) is 2.31. The first kappa shape index (κ1) is 16.4. The van der Waals surface area contributed by atoms with Crippen molar-refractivity contribution in [2.75, 3.05) is 0 Å². The van der Waals surface area contributed by atoms with Crippen molar-refractivity contribution in [3.63, 3.8) is 0 Å². The summed E-state index contributed by atoms with van der Waals surface area (Å²) in [5.41, 5.74) is 0. The van der Waals surface area contributed by atoms with Crippen LogP contribution in [-0.2, 0) is 4.74 Å². The molecule has 6 heteroatoms. The predicted octanol–water partition coefficient (Wildman–Crippen LogP) is 2.85. The van der Waals surface area contributed by atoms with Crippen molar-refractivity contribution in [1.82, 2.24) is 0 Å². The van der Waals surface area contributed by atoms with Crippen molar-refractivity contribution in [2.45, 2.75) is 68.3 Å². The van der Waals surface area contributed by atoms with Gasteiger partial charge < -0.3 is 14.9 Å². The maximum atomic E-state index is 9.94. The molecular formula is C12H19I3O3. The monoisotopic (exact) mass is 592 g/mol. The Labute approximate surface area is 149 Å². The Bertz CT molecular complexity index is 267. The van der Waals surface area contributed by atoms with Gasteiger partial charge in [0.2, 0.25) is 0 Å². The van der Waals surface area contributed by atoms with E-state index in [9.17, 15) is 10.2 Å². The van der Waals surface area contributed by atoms with E-state index < -0.39 is 0 Å². The molecule has 0 aromatic heterocycles. The zero-order valence-electron chi connectivity index (χ0n) is 10.0. The van der Waals surface area contributed by atoms with Crippen molar-refractivity contribution in [3.05, 3.63) is 0 Å². The summed E-state index contributed by atoms with van der Waals surface area (Å²) >= 11 is 7.01. The molecule has 0 radical (unpaired) electrons. The molecule has 0 bridgehead atoms. The van der Waals surface area contributed by atoms with Crippen LogP contribution in [0.4, 0.5) is 0 Å². The standard InChI is InChI=1S/C12H19I3O3/c13-8-3-6(1-2-11(8)16)18-7-4-9(14)12(17)10(15)5-7/h6-12,16-17H,1-5H2. The number of rotatable bonds is 2. The van der Waals surface area contributed by atoms with Gasteiger partial charge in [-0.15, -0.1) is 0 Å². The van der Waals surface area contributed by atoms with E-state index in [1.54, 1.807) is 0 Å². The minimum Gasteiger partial charge on any atom is -0.392 e. The second-order valence-corrected chi connectivity index (χ2v) is 10.1. The molecule has 0 aromatic rings. The van der Waals surface area contributed by atoms with Crippen LogP contribution in [0.15, 0.2) is 0 Å². The van der Waals surface area contributed by atoms with Gasteiger partial charge in [-0.25, -0.2) is 0 Å². The third-order valence-electron chi connectivity index (χ3n) is 3.79. The Morgan fingerprint density at radius 2 is 1.33 bits per heavy atom. The number of hydrogen-bond acceptors (Lipinski definition) is 3. The molecule has 5 unspecified atom stereocenters. The summed E-state index contributed by atoms with van der Waals surface area (Å²) in [6.45, 7) is 0. The molecule has 2 aliphatic carbocycles. The van der Waals surface area contributed by atoms with Crippen molar-refractivity contribution in [1.29, 1.82) is 0 Å². The van der Waals surface area contributed by atoms with E-state index in [4.69, 9.17) is 4.74 Å². The molecule has 3 nitrogen and oxygen atoms in total. The molecule has 2 rings (SSSR count). The number of alkyl halides is 3. The molecule has 106 valence electrons. The van der Waals surface area contributed by atoms with Gasteiger partial charge in [-0.05, 0) is 32.1 Å². The molecule has 0 heterocycles. The van der Waals surface area contributed by atoms with E-state index in [1.807, 2.05) is 0 Å². The van der Waals surface area contributed by atoms with Gasteiger partial charge >= 0.3 is 0 Å². The van der Waals surface area contributed by atoms with Gasteiger partial charge in [-0.3, -0.25) is 0 Å². The van der Waals surface area contributed by atoms with Gasteiger partial charge in [0.05, 0.1) is 24.4 Å². The van der Waals surface area contributed by atoms with Crippen molar-refractivity contribution < 1.29 is 14.9 Å². The second kappa shape index (κ2) is 7.37. The molecular weight excluding hydrogens is 573 g/mol. The van der Waals surface area contributed by atoms with Crippen LogP contribution < -0.4 is 0 Å². The summed E-state index contributed by atoms with van der Waals surface area (Å²) in [5, 5.41) is 19.7. The lowest BCUT2D eigenvalue weighted by Gasteiger charge is -2.38. The SMILES string of the molecule is OC1CCC(OC2CC(I)C(O)C(I)C2)CC1I. The maximum Gasteiger partial charge on any atom is 0.0777 e. The first-order valence-electron chi connectivity index (χ1n) is 6.41. The third kappa shape index (κ3) is 4.28. The van der Waals surface area contributed by atoms with E-state index in [2.05, 4.69) is 67.8 Å². The minimum absolute atomic E-state index is 0.159. The molecule has 0 aliphatic heterocycles. The maximum absolute atomic E-state index is 9.94. The Hall–Kier alpha value is 2.07. The molecule has 2 aliphatic rings. The Balaban J connectivity index is 1.83. The van der Waals surface area contributed by atoms with Gasteiger partial charge in [0.1, 0.15) is 0 Å². The highest BCUT2D eigenvalue weighted by atomic mass is 127. The lowest BCUT2D eigenvalue weighted by molar-refractivity contribution is -0.0636. The Morgan fingerprint density at radius 3 is 1.89 bits per heavy atom. The highest BCUT2D eigenvalue weighted by molar-refractivity contribution is 14.1. The highest BCUT2D eigenvalue weighted by Crippen LogP contribution is 2.35. The number of hydrogen-bond donors (Lipinski definition) is 2. The number of halogens is 3. The fourth-order valence-electron chi connectivity index (χ4n) is 2.67. The van der Waals surface area contributed by atoms with E-state index in [1.165, 1.54) is 0 Å². The molecule has 0 amide bonds. The largest absolute Gasteiger partial charge is 0.392 e. The van der Waals surface area contributed by atoms with E-state index in [0.29, 0.717) is 17.9 Å². The van der Waals surface area contributed by atoms with Crippen LogP contribution in [0.3, 0.4) is 0 Å². The fourth-order valence-corrected chi connectivity index (χ4v) is 6.53. The topological polar surface area (TPSA) is 49.7 Å². The van der Waals surface area contributed by atoms with E-state index in [0.717, 1.165) is 32.1 Å². The quantitative estimate of drug-likeness (QED) is 0.384. The molecule has 0 spiro atoms. The molecule has 0 saturated heterocycles. The first-order valence-corrected chi connectivity index (χ1v) is 10.1. The molecule has 0 aromatic carbocycles. The lowest BCUT2D eigenvalue weighted by atomic mass is 9.92. The van der Waals surface area contributed by atoms with Crippen LogP contribution in [-0.4, -0.2) is 46.4 Å². The summed E-state index contributed by atoms with van der Waals surface area (Å²) in [7, 11) is 0. The van der Waals surface area contributed by atoms with Crippen LogP contribution in [0.25, 0.3) is 0 Å². The molecule has 18 heavy (non-hydrogen) atoms. The second-order valence-electron chi connectivity index (χ2n) is 5.27. The van der Waals surface area contributed by atoms with Gasteiger partial charge in [-0.1, -0.05) is 67.8 Å². The van der Waals surface area contributed by atoms with E-state index in [-0.39, 0.29) is 18.3 Å². The molecule has 2 fully saturated rings. The fraction of sp³-hybridized carbons (Fsp3) is 1.00. The highest BCUT2D eigenvalue weighted by Gasteiger charge is 2.36. The number of aliphatic hydroxyl groups excluding tert-OH is 2. The predicted molar refractivity (Wildman–Crippen MR) is 97.2 cm³/mol. The summed E-state index contributed by atoms with van der Waals surface area (Å²) in [4.78, 5) is 0. The normalized spacial score (nSPS) is 50.2. The van der Waals surface area contributed by atoms with Gasteiger partial charge in [0.25, 0.3) is 0 Å². The van der Waals surface area contributed by atoms with Gasteiger partial charge in [0, 0.05) is 11.8 Å². The summed E-state index contributed by atoms with van der Waals surface area (Å²) in [6, 6.07) is 0. The van der Waals surface area contributed by atoms with Gasteiger partial charge in [-0.2, -0.15) is 0 Å². The van der Waals surface area contributed by atoms with Crippen LogP contribution in [0.1, 0.15) is 32.1 Å². The minimum atomic E-state index is -0.198. The Kier molecular flexibility index (Phi) is 6.73. The first-order chi connectivity index (χ1) is 8.47. The van der Waals surface area contributed by atoms with Crippen LogP contribution in [0, 0.1) is 0 Å². The zero-order valence-corrected chi connectivity index (χ0v) is 16.5. The lowest BCUT2D eigenvalue weighted by Crippen LogP contribution is -2.44. The number of aliphatic hydroxyl groups is 2. The zero-order chi connectivity index (χ0) is 13.3. The summed E-state index contributed by atoms with van der Waals surface area (Å²) in [6.07, 6.45) is 4.90. The summed E-state index contributed by atoms with van der Waals surface area (Å²) in [5.74, 6) is 0. The molecule has 2 saturated carbocycles. The van der Waals surface area contributed by atoms with Crippen LogP contribution >= 0.6 is 67.8 Å². The van der Waals surface area contributed by atoms with Gasteiger partial charge in [0.15, 0.2) is 0 Å². The van der Waals surface area contributed by atoms with Crippen molar-refractivity contribution >= 4 is 67.8 Å². The smallest absolute Gasteiger partial charge is 0.0777 e. The number of ether oxygens (including phenoxy) is 1. The van der Waals surface area contributed by atoms with Crippen molar-refractivity contribution in [3.8, 4) is 0 Å². The van der Waals surface area contributed by atoms with E-state index >= 15 is 0 Å². The molecule has 2 N–H and O–H groups in total.